The topological polar surface area (TPSA) is 15.3 Å². The van der Waals surface area contributed by atoms with Gasteiger partial charge in [-0.25, -0.2) is 4.39 Å². The van der Waals surface area contributed by atoms with E-state index in [4.69, 9.17) is 0 Å². The Labute approximate surface area is 110 Å². The van der Waals surface area contributed by atoms with Gasteiger partial charge in [-0.3, -0.25) is 0 Å². The molecular weight excluding hydrogens is 227 g/mol. The molecular formula is C15H25FN2. The van der Waals surface area contributed by atoms with Crippen molar-refractivity contribution in [3.63, 3.8) is 0 Å². The van der Waals surface area contributed by atoms with Gasteiger partial charge in [0.15, 0.2) is 0 Å². The number of nitrogens with one attached hydrogen (secondary N) is 1. The first-order valence-electron chi connectivity index (χ1n) is 6.78. The Hall–Kier alpha value is -0.930. The van der Waals surface area contributed by atoms with Crippen LogP contribution in [0.5, 0.6) is 0 Å². The monoisotopic (exact) mass is 252 g/mol. The van der Waals surface area contributed by atoms with E-state index in [1.807, 2.05) is 12.1 Å². The zero-order valence-corrected chi connectivity index (χ0v) is 11.7. The Morgan fingerprint density at radius 2 is 1.94 bits per heavy atom. The van der Waals surface area contributed by atoms with Crippen LogP contribution in [0.3, 0.4) is 0 Å². The van der Waals surface area contributed by atoms with Crippen molar-refractivity contribution < 1.29 is 4.39 Å². The van der Waals surface area contributed by atoms with Crippen molar-refractivity contribution in [1.82, 2.24) is 10.2 Å². The standard InChI is InChI=1S/C15H25FN2/c1-4-10-17-13(2)9-11-18(3)12-14-5-7-15(16)8-6-14/h5-8,13,17H,4,9-12H2,1-3H3. The Kier molecular flexibility index (Phi) is 6.91. The lowest BCUT2D eigenvalue weighted by atomic mass is 10.2. The summed E-state index contributed by atoms with van der Waals surface area (Å²) in [5.41, 5.74) is 1.16. The summed E-state index contributed by atoms with van der Waals surface area (Å²) >= 11 is 0. The van der Waals surface area contributed by atoms with Crippen molar-refractivity contribution >= 4 is 0 Å². The lowest BCUT2D eigenvalue weighted by molar-refractivity contribution is 0.303. The lowest BCUT2D eigenvalue weighted by Gasteiger charge is -2.20. The highest BCUT2D eigenvalue weighted by Crippen LogP contribution is 2.06. The third kappa shape index (κ3) is 6.12. The average molecular weight is 252 g/mol. The molecule has 1 atom stereocenters. The molecule has 0 heterocycles. The van der Waals surface area contributed by atoms with Crippen LogP contribution in [0.4, 0.5) is 4.39 Å². The molecule has 1 rings (SSSR count). The predicted molar refractivity (Wildman–Crippen MR) is 75.1 cm³/mol. The van der Waals surface area contributed by atoms with Crippen molar-refractivity contribution in [3.8, 4) is 0 Å². The maximum absolute atomic E-state index is 12.8. The molecule has 18 heavy (non-hydrogen) atoms. The van der Waals surface area contributed by atoms with Gasteiger partial charge in [0.25, 0.3) is 0 Å². The molecule has 3 heteroatoms. The highest BCUT2D eigenvalue weighted by atomic mass is 19.1. The second-order valence-corrected chi connectivity index (χ2v) is 5.01. The second-order valence-electron chi connectivity index (χ2n) is 5.01. The van der Waals surface area contributed by atoms with Crippen LogP contribution in [0.2, 0.25) is 0 Å². The molecule has 102 valence electrons. The van der Waals surface area contributed by atoms with Gasteiger partial charge in [0.2, 0.25) is 0 Å². The van der Waals surface area contributed by atoms with E-state index in [2.05, 4.69) is 31.1 Å². The van der Waals surface area contributed by atoms with Gasteiger partial charge in [0, 0.05) is 12.6 Å². The smallest absolute Gasteiger partial charge is 0.123 e. The van der Waals surface area contributed by atoms with Gasteiger partial charge in [0.1, 0.15) is 5.82 Å². The van der Waals surface area contributed by atoms with Crippen LogP contribution in [-0.4, -0.2) is 31.1 Å². The van der Waals surface area contributed by atoms with Crippen LogP contribution in [0, 0.1) is 5.82 Å². The first-order valence-corrected chi connectivity index (χ1v) is 6.78. The summed E-state index contributed by atoms with van der Waals surface area (Å²) in [7, 11) is 2.11. The van der Waals surface area contributed by atoms with E-state index in [1.165, 1.54) is 18.6 Å². The molecule has 1 aromatic carbocycles. The molecule has 0 amide bonds. The van der Waals surface area contributed by atoms with Gasteiger partial charge in [-0.1, -0.05) is 19.1 Å². The number of hydrogen-bond acceptors (Lipinski definition) is 2. The van der Waals surface area contributed by atoms with E-state index in [9.17, 15) is 4.39 Å². The number of halogens is 1. The van der Waals surface area contributed by atoms with E-state index in [-0.39, 0.29) is 5.82 Å². The molecule has 1 unspecified atom stereocenters. The summed E-state index contributed by atoms with van der Waals surface area (Å²) < 4.78 is 12.8. The normalized spacial score (nSPS) is 12.9. The van der Waals surface area contributed by atoms with Crippen molar-refractivity contribution in [2.45, 2.75) is 39.3 Å². The molecule has 0 fully saturated rings. The van der Waals surface area contributed by atoms with Crippen molar-refractivity contribution in [1.29, 1.82) is 0 Å². The van der Waals surface area contributed by atoms with E-state index < -0.39 is 0 Å². The minimum absolute atomic E-state index is 0.168. The van der Waals surface area contributed by atoms with Gasteiger partial charge in [-0.2, -0.15) is 0 Å². The minimum Gasteiger partial charge on any atom is -0.314 e. The van der Waals surface area contributed by atoms with Crippen LogP contribution in [0.1, 0.15) is 32.3 Å². The summed E-state index contributed by atoms with van der Waals surface area (Å²) in [6, 6.07) is 7.30. The van der Waals surface area contributed by atoms with E-state index in [1.54, 1.807) is 0 Å². The van der Waals surface area contributed by atoms with E-state index in [0.29, 0.717) is 6.04 Å². The van der Waals surface area contributed by atoms with Crippen LogP contribution in [0.15, 0.2) is 24.3 Å². The number of hydrogen-bond donors (Lipinski definition) is 1. The lowest BCUT2D eigenvalue weighted by Crippen LogP contribution is -2.31. The molecule has 0 saturated heterocycles. The SMILES string of the molecule is CCCNC(C)CCN(C)Cc1ccc(F)cc1. The summed E-state index contributed by atoms with van der Waals surface area (Å²) in [6.07, 6.45) is 2.31. The van der Waals surface area contributed by atoms with Crippen LogP contribution in [0.25, 0.3) is 0 Å². The van der Waals surface area contributed by atoms with Gasteiger partial charge >= 0.3 is 0 Å². The van der Waals surface area contributed by atoms with E-state index in [0.717, 1.165) is 31.6 Å². The summed E-state index contributed by atoms with van der Waals surface area (Å²) in [5, 5.41) is 3.48. The third-order valence-corrected chi connectivity index (χ3v) is 3.05. The first kappa shape index (κ1) is 15.1. The fraction of sp³-hybridized carbons (Fsp3) is 0.600. The number of nitrogens with zero attached hydrogens (tertiary/aromatic N) is 1. The maximum atomic E-state index is 12.8. The number of benzene rings is 1. The second kappa shape index (κ2) is 8.22. The van der Waals surface area contributed by atoms with Crippen LogP contribution >= 0.6 is 0 Å². The average Bonchev–Trinajstić information content (AvgIpc) is 2.36. The molecule has 0 spiro atoms. The molecule has 0 saturated carbocycles. The van der Waals surface area contributed by atoms with Gasteiger partial charge < -0.3 is 10.2 Å². The molecule has 1 N–H and O–H groups in total. The Balaban J connectivity index is 2.24. The first-order chi connectivity index (χ1) is 8.61. The summed E-state index contributed by atoms with van der Waals surface area (Å²) in [4.78, 5) is 2.28. The zero-order chi connectivity index (χ0) is 13.4. The molecule has 1 aromatic rings. The van der Waals surface area contributed by atoms with Crippen LogP contribution < -0.4 is 5.32 Å². The maximum Gasteiger partial charge on any atom is 0.123 e. The predicted octanol–water partition coefficient (Wildman–Crippen LogP) is 3.04. The van der Waals surface area contributed by atoms with Gasteiger partial charge in [-0.05, 0) is 57.6 Å². The fourth-order valence-corrected chi connectivity index (χ4v) is 1.89. The van der Waals surface area contributed by atoms with Gasteiger partial charge in [-0.15, -0.1) is 0 Å². The Morgan fingerprint density at radius 1 is 1.28 bits per heavy atom. The van der Waals surface area contributed by atoms with Crippen molar-refractivity contribution in [2.75, 3.05) is 20.1 Å². The molecule has 0 aliphatic carbocycles. The fourth-order valence-electron chi connectivity index (χ4n) is 1.89. The highest BCUT2D eigenvalue weighted by molar-refractivity contribution is 5.15. The molecule has 2 nitrogen and oxygen atoms in total. The third-order valence-electron chi connectivity index (χ3n) is 3.05. The highest BCUT2D eigenvalue weighted by Gasteiger charge is 2.04. The van der Waals surface area contributed by atoms with Gasteiger partial charge in [0.05, 0.1) is 0 Å². The van der Waals surface area contributed by atoms with E-state index >= 15 is 0 Å². The molecule has 0 radical (unpaired) electrons. The summed E-state index contributed by atoms with van der Waals surface area (Å²) in [5.74, 6) is -0.168. The Morgan fingerprint density at radius 3 is 2.56 bits per heavy atom. The molecule has 0 bridgehead atoms. The molecule has 0 aliphatic rings. The Bertz CT molecular complexity index is 324. The van der Waals surface area contributed by atoms with Crippen LogP contribution in [-0.2, 0) is 6.54 Å². The number of rotatable bonds is 8. The quantitative estimate of drug-likeness (QED) is 0.765. The van der Waals surface area contributed by atoms with Crippen molar-refractivity contribution in [3.05, 3.63) is 35.6 Å². The zero-order valence-electron chi connectivity index (χ0n) is 11.7. The molecule has 0 aliphatic heterocycles. The minimum atomic E-state index is -0.168. The largest absolute Gasteiger partial charge is 0.314 e. The summed E-state index contributed by atoms with van der Waals surface area (Å²) in [6.45, 7) is 7.42. The van der Waals surface area contributed by atoms with Crippen molar-refractivity contribution in [2.24, 2.45) is 0 Å². The molecule has 0 aromatic heterocycles.